The first kappa shape index (κ1) is 65.5. The van der Waals surface area contributed by atoms with E-state index in [0.717, 1.165) is 32.5 Å². The van der Waals surface area contributed by atoms with Gasteiger partial charge in [0.05, 0.1) is 0 Å². The predicted molar refractivity (Wildman–Crippen MR) is 295 cm³/mol. The number of rotatable bonds is 24. The van der Waals surface area contributed by atoms with E-state index in [-0.39, 0.29) is 108 Å². The summed E-state index contributed by atoms with van der Waals surface area (Å²) in [5, 5.41) is 24.7. The minimum atomic E-state index is -1.41. The van der Waals surface area contributed by atoms with Gasteiger partial charge in [0.15, 0.2) is 0 Å². The van der Waals surface area contributed by atoms with Gasteiger partial charge in [0, 0.05) is 18.9 Å². The van der Waals surface area contributed by atoms with Crippen LogP contribution < -0.4 is 70.8 Å². The zero-order valence-corrected chi connectivity index (χ0v) is 46.4. The molecule has 434 valence electrons. The molecule has 0 saturated carbocycles. The minimum Gasteiger partial charge on any atom is -0.354 e. The molecule has 2 saturated heterocycles. The maximum atomic E-state index is 14.5. The van der Waals surface area contributed by atoms with Crippen molar-refractivity contribution in [3.8, 4) is 0 Å². The van der Waals surface area contributed by atoms with Crippen molar-refractivity contribution >= 4 is 53.2 Å². The molecule has 1 aromatic carbocycles. The van der Waals surface area contributed by atoms with Crippen LogP contribution in [-0.4, -0.2) is 159 Å². The summed E-state index contributed by atoms with van der Waals surface area (Å²) in [6.07, 6.45) is 6.95. The van der Waals surface area contributed by atoms with Gasteiger partial charge in [-0.15, -0.1) is 0 Å². The van der Waals surface area contributed by atoms with Crippen molar-refractivity contribution in [2.45, 2.75) is 179 Å². The zero-order chi connectivity index (χ0) is 56.9. The highest BCUT2D eigenvalue weighted by molar-refractivity contribution is 5.98. The molecule has 2 heterocycles. The maximum Gasteiger partial charge on any atom is 0.243 e. The Morgan fingerprint density at radius 2 is 1.05 bits per heavy atom. The van der Waals surface area contributed by atoms with Crippen LogP contribution in [0, 0.1) is 17.8 Å². The molecule has 23 heteroatoms. The lowest BCUT2D eigenvalue weighted by molar-refractivity contribution is -0.136. The fourth-order valence-electron chi connectivity index (χ4n) is 9.49. The number of amides is 9. The molecule has 23 nitrogen and oxygen atoms in total. The normalized spacial score (nSPS) is 23.9. The van der Waals surface area contributed by atoms with E-state index in [4.69, 9.17) is 22.9 Å². The predicted octanol–water partition coefficient (Wildman–Crippen LogP) is -1.20. The van der Waals surface area contributed by atoms with Crippen LogP contribution in [0.25, 0.3) is 0 Å². The third-order valence-electron chi connectivity index (χ3n) is 13.9. The van der Waals surface area contributed by atoms with Crippen molar-refractivity contribution in [3.63, 3.8) is 0 Å². The Kier molecular flexibility index (Phi) is 30.3. The molecule has 2 aliphatic heterocycles. The van der Waals surface area contributed by atoms with Gasteiger partial charge in [0.2, 0.25) is 53.2 Å². The van der Waals surface area contributed by atoms with Crippen molar-refractivity contribution < 1.29 is 43.2 Å². The van der Waals surface area contributed by atoms with E-state index in [1.54, 1.807) is 30.3 Å². The van der Waals surface area contributed by atoms with Gasteiger partial charge in [-0.05, 0) is 127 Å². The molecule has 77 heavy (non-hydrogen) atoms. The van der Waals surface area contributed by atoms with Crippen molar-refractivity contribution in [1.82, 2.24) is 52.8 Å². The monoisotopic (exact) mass is 1080 g/mol. The van der Waals surface area contributed by atoms with E-state index in [0.29, 0.717) is 18.4 Å². The number of nitrogens with two attached hydrogens (primary N) is 4. The summed E-state index contributed by atoms with van der Waals surface area (Å²) in [7, 11) is 0. The highest BCUT2D eigenvalue weighted by Crippen LogP contribution is 2.19. The van der Waals surface area contributed by atoms with Crippen LogP contribution in [0.3, 0.4) is 0 Å². The molecule has 0 radical (unpaired) electrons. The number of nitrogens with zero attached hydrogens (tertiary/aromatic N) is 1. The molecular weight excluding hydrogens is 989 g/mol. The third kappa shape index (κ3) is 23.8. The second-order valence-corrected chi connectivity index (χ2v) is 21.4. The second kappa shape index (κ2) is 35.6. The molecule has 1 aromatic rings. The highest BCUT2D eigenvalue weighted by atomic mass is 16.2. The van der Waals surface area contributed by atoms with Crippen LogP contribution in [0.1, 0.15) is 130 Å². The first-order chi connectivity index (χ1) is 36.8. The number of hydrogen-bond donors (Lipinski definition) is 13. The summed E-state index contributed by atoms with van der Waals surface area (Å²) in [5.74, 6) is -6.84. The van der Waals surface area contributed by atoms with Gasteiger partial charge in [0.1, 0.15) is 48.3 Å². The van der Waals surface area contributed by atoms with Crippen molar-refractivity contribution in [2.75, 3.05) is 52.4 Å². The van der Waals surface area contributed by atoms with E-state index in [2.05, 4.69) is 59.7 Å². The number of hydrogen-bond acceptors (Lipinski definition) is 14. The Balaban J connectivity index is 2.03. The SMILES string of the molecule is CCCCCCCN1CCC(C(=O)N[C@H](CCN)C(=O)N[C@H]2CCNC(=O)[C@H](CC(C)C)NC(=O)[C@H](CCN)NC(=O)[C@H](CCN)NC(=O)[C@H](Cc3ccccc3)NC(=O)[C@@H](CC(C)C)NC(=O)[C@H](CCN)NC2=O)CC1. The fraction of sp³-hybridized carbons (Fsp3) is 0.722. The smallest absolute Gasteiger partial charge is 0.243 e. The molecule has 8 atom stereocenters. The van der Waals surface area contributed by atoms with E-state index in [1.165, 1.54) is 19.3 Å². The molecule has 2 fully saturated rings. The largest absolute Gasteiger partial charge is 0.354 e. The van der Waals surface area contributed by atoms with Crippen LogP contribution in [0.2, 0.25) is 0 Å². The van der Waals surface area contributed by atoms with Crippen LogP contribution in [0.4, 0.5) is 0 Å². The van der Waals surface area contributed by atoms with E-state index in [9.17, 15) is 43.2 Å². The standard InChI is InChI=1S/C54H94N14O9/c1-6-7-8-9-13-28-68-29-21-37(22-30-68)46(69)60-38(16-23-55)48(71)64-42-20-27-59-47(70)43(31-34(2)3)65-50(73)40(18-25-57)61-49(72)39(17-24-56)63-54(77)45(33-36-14-11-10-12-15-36)67-53(76)44(32-35(4)5)66-51(74)41(19-26-58)62-52(42)75/h10-12,14-15,34-35,37-45H,6-9,13,16-33,55-58H2,1-5H3,(H,59,70)(H,60,69)(H,61,72)(H,62,75)(H,63,77)(H,64,71)(H,65,73)(H,66,74)(H,67,76)/t38-,39+,40+,41+,42+,43+,44-,45+/m1/s1. The molecule has 0 bridgehead atoms. The van der Waals surface area contributed by atoms with Gasteiger partial charge in [-0.3, -0.25) is 43.2 Å². The average molecular weight is 1080 g/mol. The topological polar surface area (TPSA) is 369 Å². The van der Waals surface area contributed by atoms with Crippen LogP contribution in [0.15, 0.2) is 30.3 Å². The lowest BCUT2D eigenvalue weighted by atomic mass is 9.95. The quantitative estimate of drug-likeness (QED) is 0.0541. The molecule has 9 amide bonds. The third-order valence-corrected chi connectivity index (χ3v) is 13.9. The molecule has 0 spiro atoms. The Hall–Kier alpha value is -5.75. The van der Waals surface area contributed by atoms with Gasteiger partial charge < -0.3 is 75.7 Å². The second-order valence-electron chi connectivity index (χ2n) is 21.4. The van der Waals surface area contributed by atoms with Crippen molar-refractivity contribution in [1.29, 1.82) is 0 Å². The summed E-state index contributed by atoms with van der Waals surface area (Å²) in [5.41, 5.74) is 24.5. The molecule has 3 rings (SSSR count). The average Bonchev–Trinajstić information content (AvgIpc) is 3.39. The lowest BCUT2D eigenvalue weighted by Crippen LogP contribution is -2.61. The van der Waals surface area contributed by atoms with Crippen LogP contribution >= 0.6 is 0 Å². The number of unbranched alkanes of at least 4 members (excludes halogenated alkanes) is 4. The Morgan fingerprint density at radius 1 is 0.584 bits per heavy atom. The minimum absolute atomic E-state index is 0.0242. The van der Waals surface area contributed by atoms with Gasteiger partial charge in [-0.2, -0.15) is 0 Å². The summed E-state index contributed by atoms with van der Waals surface area (Å²) in [4.78, 5) is 130. The van der Waals surface area contributed by atoms with E-state index >= 15 is 0 Å². The summed E-state index contributed by atoms with van der Waals surface area (Å²) in [6, 6.07) is -1.23. The fourth-order valence-corrected chi connectivity index (χ4v) is 9.49. The summed E-state index contributed by atoms with van der Waals surface area (Å²) < 4.78 is 0. The highest BCUT2D eigenvalue weighted by Gasteiger charge is 2.36. The Bertz CT molecular complexity index is 2020. The Morgan fingerprint density at radius 3 is 1.56 bits per heavy atom. The molecule has 17 N–H and O–H groups in total. The maximum absolute atomic E-state index is 14.5. The van der Waals surface area contributed by atoms with Crippen LogP contribution in [-0.2, 0) is 49.6 Å². The number of piperidine rings is 1. The number of nitrogens with one attached hydrogen (secondary N) is 9. The Labute approximate surface area is 455 Å². The van der Waals surface area contributed by atoms with Gasteiger partial charge in [-0.1, -0.05) is 90.6 Å². The first-order valence-electron chi connectivity index (χ1n) is 28.1. The van der Waals surface area contributed by atoms with E-state index in [1.807, 2.05) is 27.7 Å². The van der Waals surface area contributed by atoms with E-state index < -0.39 is 95.6 Å². The molecule has 0 unspecified atom stereocenters. The number of carbonyl (C=O) groups excluding carboxylic acids is 9. The molecule has 0 aliphatic carbocycles. The molecule has 2 aliphatic rings. The van der Waals surface area contributed by atoms with Gasteiger partial charge in [0.25, 0.3) is 0 Å². The molecular formula is C54H94N14O9. The van der Waals surface area contributed by atoms with Crippen molar-refractivity contribution in [2.24, 2.45) is 40.7 Å². The number of likely N-dealkylation sites (tertiary alicyclic amines) is 1. The van der Waals surface area contributed by atoms with Gasteiger partial charge in [-0.25, -0.2) is 0 Å². The van der Waals surface area contributed by atoms with Crippen molar-refractivity contribution in [3.05, 3.63) is 35.9 Å². The summed E-state index contributed by atoms with van der Waals surface area (Å²) >= 11 is 0. The number of benzene rings is 1. The zero-order valence-electron chi connectivity index (χ0n) is 46.4. The molecule has 0 aromatic heterocycles. The van der Waals surface area contributed by atoms with Gasteiger partial charge >= 0.3 is 0 Å². The summed E-state index contributed by atoms with van der Waals surface area (Å²) in [6.45, 7) is 11.7. The lowest BCUT2D eigenvalue weighted by Gasteiger charge is -2.32. The first-order valence-corrected chi connectivity index (χ1v) is 28.1. The van der Waals surface area contributed by atoms with Crippen LogP contribution in [0.5, 0.6) is 0 Å². The number of carbonyl (C=O) groups is 9.